The Kier molecular flexibility index (Phi) is 5.38. The Hall–Kier alpha value is -3.00. The number of rotatable bonds is 6. The van der Waals surface area contributed by atoms with Crippen LogP contribution in [0.1, 0.15) is 12.0 Å². The maximum absolute atomic E-state index is 11.4. The van der Waals surface area contributed by atoms with Gasteiger partial charge in [0, 0.05) is 5.69 Å². The molecule has 0 atom stereocenters. The first kappa shape index (κ1) is 15.4. The lowest BCUT2D eigenvalue weighted by Gasteiger charge is -2.09. The van der Waals surface area contributed by atoms with E-state index in [2.05, 4.69) is 5.32 Å². The fourth-order valence-electron chi connectivity index (χ4n) is 1.85. The van der Waals surface area contributed by atoms with Crippen molar-refractivity contribution < 1.29 is 14.3 Å². The first-order valence-corrected chi connectivity index (χ1v) is 6.74. The van der Waals surface area contributed by atoms with Crippen LogP contribution in [0.15, 0.2) is 48.5 Å². The summed E-state index contributed by atoms with van der Waals surface area (Å²) in [6, 6.07) is 16.4. The first-order chi connectivity index (χ1) is 10.7. The van der Waals surface area contributed by atoms with Crippen molar-refractivity contribution in [3.8, 4) is 17.6 Å². The first-order valence-electron chi connectivity index (χ1n) is 6.74. The van der Waals surface area contributed by atoms with Crippen LogP contribution < -0.4 is 14.8 Å². The predicted molar refractivity (Wildman–Crippen MR) is 82.6 cm³/mol. The van der Waals surface area contributed by atoms with E-state index in [-0.39, 0.29) is 12.3 Å². The maximum atomic E-state index is 11.4. The van der Waals surface area contributed by atoms with Gasteiger partial charge in [-0.3, -0.25) is 4.79 Å². The highest BCUT2D eigenvalue weighted by molar-refractivity contribution is 5.92. The molecule has 0 bridgehead atoms. The standard InChI is InChI=1S/C17H16N2O3/c1-21-15-5-7-16(8-6-15)22-12-13-3-2-4-14(11-13)19-17(20)9-10-18/h2-8,11H,9,12H2,1H3,(H,19,20). The van der Waals surface area contributed by atoms with E-state index in [9.17, 15) is 4.79 Å². The number of benzene rings is 2. The molecule has 0 unspecified atom stereocenters. The van der Waals surface area contributed by atoms with Crippen molar-refractivity contribution in [2.24, 2.45) is 0 Å². The third-order valence-electron chi connectivity index (χ3n) is 2.92. The SMILES string of the molecule is COc1ccc(OCc2cccc(NC(=O)CC#N)c2)cc1. The lowest BCUT2D eigenvalue weighted by Crippen LogP contribution is -2.10. The summed E-state index contributed by atoms with van der Waals surface area (Å²) in [6.45, 7) is 0.383. The molecule has 2 aromatic carbocycles. The molecule has 1 N–H and O–H groups in total. The van der Waals surface area contributed by atoms with Crippen molar-refractivity contribution >= 4 is 11.6 Å². The molecule has 2 aromatic rings. The van der Waals surface area contributed by atoms with E-state index in [0.29, 0.717) is 12.3 Å². The molecule has 0 aliphatic rings. The molecule has 5 heteroatoms. The molecule has 0 heterocycles. The zero-order valence-electron chi connectivity index (χ0n) is 12.2. The summed E-state index contributed by atoms with van der Waals surface area (Å²) in [5.74, 6) is 1.19. The van der Waals surface area contributed by atoms with Crippen molar-refractivity contribution in [1.82, 2.24) is 0 Å². The average molecular weight is 296 g/mol. The van der Waals surface area contributed by atoms with Crippen LogP contribution in [0.25, 0.3) is 0 Å². The number of ether oxygens (including phenoxy) is 2. The number of methoxy groups -OCH3 is 1. The lowest BCUT2D eigenvalue weighted by molar-refractivity contribution is -0.115. The molecule has 0 aliphatic heterocycles. The van der Waals surface area contributed by atoms with Crippen LogP contribution in [0.3, 0.4) is 0 Å². The highest BCUT2D eigenvalue weighted by Crippen LogP contribution is 2.19. The molecular formula is C17H16N2O3. The van der Waals surface area contributed by atoms with Gasteiger partial charge < -0.3 is 14.8 Å². The molecule has 0 aliphatic carbocycles. The summed E-state index contributed by atoms with van der Waals surface area (Å²) in [5, 5.41) is 11.1. The number of nitrogens with zero attached hydrogens (tertiary/aromatic N) is 1. The minimum Gasteiger partial charge on any atom is -0.497 e. The van der Waals surface area contributed by atoms with Gasteiger partial charge in [-0.2, -0.15) is 5.26 Å². The molecule has 0 aromatic heterocycles. The minimum atomic E-state index is -0.323. The lowest BCUT2D eigenvalue weighted by atomic mass is 10.2. The monoisotopic (exact) mass is 296 g/mol. The van der Waals surface area contributed by atoms with E-state index in [0.717, 1.165) is 17.1 Å². The van der Waals surface area contributed by atoms with Crippen LogP contribution in [0.4, 0.5) is 5.69 Å². The Balaban J connectivity index is 1.95. The van der Waals surface area contributed by atoms with Gasteiger partial charge in [0.25, 0.3) is 0 Å². The molecule has 5 nitrogen and oxygen atoms in total. The number of anilines is 1. The number of carbonyl (C=O) groups excluding carboxylic acids is 1. The highest BCUT2D eigenvalue weighted by atomic mass is 16.5. The van der Waals surface area contributed by atoms with Gasteiger partial charge >= 0.3 is 0 Å². The van der Waals surface area contributed by atoms with Gasteiger partial charge in [-0.25, -0.2) is 0 Å². The van der Waals surface area contributed by atoms with E-state index >= 15 is 0 Å². The summed E-state index contributed by atoms with van der Waals surface area (Å²) in [7, 11) is 1.61. The molecule has 0 radical (unpaired) electrons. The molecule has 0 spiro atoms. The van der Waals surface area contributed by atoms with E-state index in [1.807, 2.05) is 48.5 Å². The van der Waals surface area contributed by atoms with Crippen molar-refractivity contribution in [2.45, 2.75) is 13.0 Å². The topological polar surface area (TPSA) is 71.3 Å². The quantitative estimate of drug-likeness (QED) is 0.889. The van der Waals surface area contributed by atoms with Gasteiger partial charge in [0.2, 0.25) is 5.91 Å². The summed E-state index contributed by atoms with van der Waals surface area (Å²) in [6.07, 6.45) is -0.160. The van der Waals surface area contributed by atoms with Crippen LogP contribution in [0, 0.1) is 11.3 Å². The zero-order chi connectivity index (χ0) is 15.8. The number of carbonyl (C=O) groups is 1. The van der Waals surface area contributed by atoms with Gasteiger partial charge in [0.05, 0.1) is 13.2 Å². The molecule has 1 amide bonds. The Morgan fingerprint density at radius 3 is 2.59 bits per heavy atom. The normalized spacial score (nSPS) is 9.64. The van der Waals surface area contributed by atoms with Crippen molar-refractivity contribution in [1.29, 1.82) is 5.26 Å². The summed E-state index contributed by atoms with van der Waals surface area (Å²) >= 11 is 0. The van der Waals surface area contributed by atoms with Gasteiger partial charge in [0.1, 0.15) is 24.5 Å². The molecule has 112 valence electrons. The predicted octanol–water partition coefficient (Wildman–Crippen LogP) is 3.13. The largest absolute Gasteiger partial charge is 0.497 e. The number of nitrogens with one attached hydrogen (secondary N) is 1. The second-order valence-electron chi connectivity index (χ2n) is 4.55. The second-order valence-corrected chi connectivity index (χ2v) is 4.55. The zero-order valence-corrected chi connectivity index (χ0v) is 12.2. The smallest absolute Gasteiger partial charge is 0.238 e. The third-order valence-corrected chi connectivity index (χ3v) is 2.92. The van der Waals surface area contributed by atoms with Crippen LogP contribution in [-0.2, 0) is 11.4 Å². The number of amides is 1. The van der Waals surface area contributed by atoms with E-state index < -0.39 is 0 Å². The Morgan fingerprint density at radius 2 is 1.91 bits per heavy atom. The van der Waals surface area contributed by atoms with Gasteiger partial charge in [-0.05, 0) is 42.0 Å². The van der Waals surface area contributed by atoms with Crippen LogP contribution in [0.2, 0.25) is 0 Å². The Morgan fingerprint density at radius 1 is 1.18 bits per heavy atom. The van der Waals surface area contributed by atoms with Crippen LogP contribution in [-0.4, -0.2) is 13.0 Å². The number of hydrogen-bond donors (Lipinski definition) is 1. The van der Waals surface area contributed by atoms with E-state index in [1.54, 1.807) is 13.2 Å². The molecule has 0 saturated heterocycles. The minimum absolute atomic E-state index is 0.160. The molecular weight excluding hydrogens is 280 g/mol. The summed E-state index contributed by atoms with van der Waals surface area (Å²) in [5.41, 5.74) is 1.57. The molecule has 0 fully saturated rings. The second kappa shape index (κ2) is 7.70. The van der Waals surface area contributed by atoms with E-state index in [1.165, 1.54) is 0 Å². The van der Waals surface area contributed by atoms with Gasteiger partial charge in [-0.1, -0.05) is 12.1 Å². The van der Waals surface area contributed by atoms with Crippen LogP contribution in [0.5, 0.6) is 11.5 Å². The highest BCUT2D eigenvalue weighted by Gasteiger charge is 2.03. The van der Waals surface area contributed by atoms with Crippen LogP contribution >= 0.6 is 0 Å². The van der Waals surface area contributed by atoms with Gasteiger partial charge in [0.15, 0.2) is 0 Å². The summed E-state index contributed by atoms with van der Waals surface area (Å²) in [4.78, 5) is 11.4. The fraction of sp³-hybridized carbons (Fsp3) is 0.176. The number of hydrogen-bond acceptors (Lipinski definition) is 4. The maximum Gasteiger partial charge on any atom is 0.238 e. The summed E-state index contributed by atoms with van der Waals surface area (Å²) < 4.78 is 10.8. The Bertz CT molecular complexity index is 675. The average Bonchev–Trinajstić information content (AvgIpc) is 2.54. The molecule has 2 rings (SSSR count). The van der Waals surface area contributed by atoms with Crippen molar-refractivity contribution in [3.05, 3.63) is 54.1 Å². The van der Waals surface area contributed by atoms with Crippen molar-refractivity contribution in [3.63, 3.8) is 0 Å². The molecule has 22 heavy (non-hydrogen) atoms. The Labute approximate surface area is 129 Å². The fourth-order valence-corrected chi connectivity index (χ4v) is 1.85. The van der Waals surface area contributed by atoms with Crippen molar-refractivity contribution in [2.75, 3.05) is 12.4 Å². The van der Waals surface area contributed by atoms with E-state index in [4.69, 9.17) is 14.7 Å². The number of nitriles is 1. The third kappa shape index (κ3) is 4.53. The van der Waals surface area contributed by atoms with Gasteiger partial charge in [-0.15, -0.1) is 0 Å². The molecule has 0 saturated carbocycles.